The van der Waals surface area contributed by atoms with E-state index >= 15 is 0 Å². The second-order valence-corrected chi connectivity index (χ2v) is 7.39. The molecule has 1 aliphatic rings. The summed E-state index contributed by atoms with van der Waals surface area (Å²) in [5, 5.41) is 3.65. The van der Waals surface area contributed by atoms with Gasteiger partial charge in [0.1, 0.15) is 11.6 Å². The van der Waals surface area contributed by atoms with Gasteiger partial charge in [-0.15, -0.1) is 0 Å². The van der Waals surface area contributed by atoms with Crippen LogP contribution in [-0.4, -0.2) is 62.1 Å². The summed E-state index contributed by atoms with van der Waals surface area (Å²) in [6.45, 7) is 4.23. The molecular weight excluding hydrogens is 381 g/mol. The second kappa shape index (κ2) is 9.87. The van der Waals surface area contributed by atoms with Crippen LogP contribution in [-0.2, 0) is 4.79 Å². The summed E-state index contributed by atoms with van der Waals surface area (Å²) in [7, 11) is 2.11. The Morgan fingerprint density at radius 3 is 2.39 bits per heavy atom. The van der Waals surface area contributed by atoms with E-state index in [1.807, 2.05) is 24.3 Å². The Bertz CT molecular complexity index is 762. The van der Waals surface area contributed by atoms with Crippen LogP contribution in [0.1, 0.15) is 11.6 Å². The highest BCUT2D eigenvalue weighted by Gasteiger charge is 2.24. The van der Waals surface area contributed by atoms with Crippen molar-refractivity contribution in [2.24, 2.45) is 0 Å². The van der Waals surface area contributed by atoms with Crippen LogP contribution in [0.5, 0.6) is 5.75 Å². The molecule has 1 amide bonds. The number of nitrogens with one attached hydrogen (secondary N) is 1. The van der Waals surface area contributed by atoms with Gasteiger partial charge in [-0.3, -0.25) is 9.69 Å². The van der Waals surface area contributed by atoms with Crippen molar-refractivity contribution in [2.45, 2.75) is 6.04 Å². The van der Waals surface area contributed by atoms with Gasteiger partial charge in [-0.05, 0) is 49.0 Å². The minimum absolute atomic E-state index is 0.0701. The molecule has 1 aliphatic heterocycles. The molecular formula is C21H25ClFN3O2. The van der Waals surface area contributed by atoms with Gasteiger partial charge in [-0.25, -0.2) is 4.39 Å². The zero-order chi connectivity index (χ0) is 19.9. The fourth-order valence-electron chi connectivity index (χ4n) is 3.22. The van der Waals surface area contributed by atoms with Crippen molar-refractivity contribution in [3.8, 4) is 5.75 Å². The number of carbonyl (C=O) groups excluding carboxylic acids is 1. The Morgan fingerprint density at radius 1 is 1.11 bits per heavy atom. The van der Waals surface area contributed by atoms with Crippen molar-refractivity contribution in [2.75, 3.05) is 46.4 Å². The molecule has 0 unspecified atom stereocenters. The van der Waals surface area contributed by atoms with Gasteiger partial charge < -0.3 is 15.0 Å². The van der Waals surface area contributed by atoms with E-state index in [1.54, 1.807) is 0 Å². The largest absolute Gasteiger partial charge is 0.484 e. The highest BCUT2D eigenvalue weighted by Crippen LogP contribution is 2.23. The van der Waals surface area contributed by atoms with E-state index in [4.69, 9.17) is 16.3 Å². The summed E-state index contributed by atoms with van der Waals surface area (Å²) >= 11 is 6.03. The first-order valence-electron chi connectivity index (χ1n) is 9.34. The Hall–Kier alpha value is -2.15. The number of likely N-dealkylation sites (N-methyl/N-ethyl adjacent to an activating group) is 1. The minimum atomic E-state index is -0.338. The summed E-state index contributed by atoms with van der Waals surface area (Å²) in [6.07, 6.45) is 0. The average molecular weight is 406 g/mol. The molecule has 2 aromatic carbocycles. The molecule has 2 aromatic rings. The third-order valence-electron chi connectivity index (χ3n) is 4.91. The molecule has 28 heavy (non-hydrogen) atoms. The molecule has 150 valence electrons. The molecule has 1 N–H and O–H groups in total. The maximum atomic E-state index is 12.9. The zero-order valence-electron chi connectivity index (χ0n) is 15.9. The van der Waals surface area contributed by atoms with E-state index < -0.39 is 0 Å². The number of amides is 1. The average Bonchev–Trinajstić information content (AvgIpc) is 2.70. The van der Waals surface area contributed by atoms with Crippen molar-refractivity contribution in [1.29, 1.82) is 0 Å². The SMILES string of the molecule is CN1CCN([C@H](CNC(=O)COc2ccc(F)cc2)c2ccc(Cl)cc2)CC1. The molecule has 3 rings (SSSR count). The number of carbonyl (C=O) groups is 1. The van der Waals surface area contributed by atoms with Crippen LogP contribution in [0.4, 0.5) is 4.39 Å². The Labute approximate surface area is 170 Å². The molecule has 1 fully saturated rings. The standard InChI is InChI=1S/C21H25ClFN3O2/c1-25-10-12-26(13-11-25)20(16-2-4-17(22)5-3-16)14-24-21(27)15-28-19-8-6-18(23)7-9-19/h2-9,20H,10-15H2,1H3,(H,24,27)/t20-/m1/s1. The topological polar surface area (TPSA) is 44.8 Å². The van der Waals surface area contributed by atoms with Gasteiger partial charge in [0.05, 0.1) is 6.04 Å². The quantitative estimate of drug-likeness (QED) is 0.769. The lowest BCUT2D eigenvalue weighted by Crippen LogP contribution is -2.48. The van der Waals surface area contributed by atoms with E-state index in [1.165, 1.54) is 24.3 Å². The number of hydrogen-bond donors (Lipinski definition) is 1. The maximum Gasteiger partial charge on any atom is 0.258 e. The number of ether oxygens (including phenoxy) is 1. The van der Waals surface area contributed by atoms with Gasteiger partial charge in [-0.2, -0.15) is 0 Å². The van der Waals surface area contributed by atoms with Gasteiger partial charge in [0, 0.05) is 37.7 Å². The van der Waals surface area contributed by atoms with Crippen LogP contribution >= 0.6 is 11.6 Å². The molecule has 1 heterocycles. The van der Waals surface area contributed by atoms with E-state index in [9.17, 15) is 9.18 Å². The second-order valence-electron chi connectivity index (χ2n) is 6.95. The van der Waals surface area contributed by atoms with Crippen molar-refractivity contribution in [3.05, 3.63) is 64.9 Å². The van der Waals surface area contributed by atoms with Crippen LogP contribution in [0.2, 0.25) is 5.02 Å². The van der Waals surface area contributed by atoms with E-state index in [2.05, 4.69) is 22.2 Å². The van der Waals surface area contributed by atoms with Crippen molar-refractivity contribution < 1.29 is 13.9 Å². The lowest BCUT2D eigenvalue weighted by Gasteiger charge is -2.38. The first-order chi connectivity index (χ1) is 13.5. The molecule has 1 saturated heterocycles. The normalized spacial score (nSPS) is 16.5. The summed E-state index contributed by atoms with van der Waals surface area (Å²) in [5.41, 5.74) is 1.12. The highest BCUT2D eigenvalue weighted by atomic mass is 35.5. The summed E-state index contributed by atoms with van der Waals surface area (Å²) in [4.78, 5) is 16.9. The zero-order valence-corrected chi connectivity index (χ0v) is 16.7. The smallest absolute Gasteiger partial charge is 0.258 e. The van der Waals surface area contributed by atoms with E-state index in [0.717, 1.165) is 31.7 Å². The molecule has 7 heteroatoms. The Balaban J connectivity index is 1.58. The van der Waals surface area contributed by atoms with Crippen molar-refractivity contribution in [1.82, 2.24) is 15.1 Å². The van der Waals surface area contributed by atoms with Crippen molar-refractivity contribution in [3.63, 3.8) is 0 Å². The summed E-state index contributed by atoms with van der Waals surface area (Å²) < 4.78 is 18.4. The minimum Gasteiger partial charge on any atom is -0.484 e. The molecule has 0 bridgehead atoms. The van der Waals surface area contributed by atoms with Crippen LogP contribution in [0.15, 0.2) is 48.5 Å². The summed E-state index contributed by atoms with van der Waals surface area (Å²) in [5.74, 6) is -0.0860. The van der Waals surface area contributed by atoms with Gasteiger partial charge >= 0.3 is 0 Å². The highest BCUT2D eigenvalue weighted by molar-refractivity contribution is 6.30. The van der Waals surface area contributed by atoms with Gasteiger partial charge in [-0.1, -0.05) is 23.7 Å². The number of halogens is 2. The lowest BCUT2D eigenvalue weighted by atomic mass is 10.0. The maximum absolute atomic E-state index is 12.9. The molecule has 0 radical (unpaired) electrons. The number of hydrogen-bond acceptors (Lipinski definition) is 4. The fraction of sp³-hybridized carbons (Fsp3) is 0.381. The molecule has 1 atom stereocenters. The van der Waals surface area contributed by atoms with Crippen LogP contribution in [0.25, 0.3) is 0 Å². The molecule has 0 aliphatic carbocycles. The third kappa shape index (κ3) is 5.92. The predicted molar refractivity (Wildman–Crippen MR) is 108 cm³/mol. The predicted octanol–water partition coefficient (Wildman–Crippen LogP) is 2.96. The fourth-order valence-corrected chi connectivity index (χ4v) is 3.34. The Kier molecular flexibility index (Phi) is 7.25. The van der Waals surface area contributed by atoms with Gasteiger partial charge in [0.2, 0.25) is 0 Å². The van der Waals surface area contributed by atoms with Crippen molar-refractivity contribution >= 4 is 17.5 Å². The molecule has 0 spiro atoms. The number of rotatable bonds is 7. The van der Waals surface area contributed by atoms with E-state index in [0.29, 0.717) is 17.3 Å². The lowest BCUT2D eigenvalue weighted by molar-refractivity contribution is -0.123. The van der Waals surface area contributed by atoms with Crippen LogP contribution < -0.4 is 10.1 Å². The molecule has 0 aromatic heterocycles. The monoisotopic (exact) mass is 405 g/mol. The Morgan fingerprint density at radius 2 is 1.75 bits per heavy atom. The first-order valence-corrected chi connectivity index (χ1v) is 9.72. The van der Waals surface area contributed by atoms with Gasteiger partial charge in [0.15, 0.2) is 6.61 Å². The molecule has 5 nitrogen and oxygen atoms in total. The third-order valence-corrected chi connectivity index (χ3v) is 5.16. The van der Waals surface area contributed by atoms with Gasteiger partial charge in [0.25, 0.3) is 5.91 Å². The first kappa shape index (κ1) is 20.6. The number of nitrogens with zero attached hydrogens (tertiary/aromatic N) is 2. The van der Waals surface area contributed by atoms with E-state index in [-0.39, 0.29) is 24.4 Å². The van der Waals surface area contributed by atoms with Crippen LogP contribution in [0.3, 0.4) is 0 Å². The van der Waals surface area contributed by atoms with Crippen LogP contribution in [0, 0.1) is 5.82 Å². The summed E-state index contributed by atoms with van der Waals surface area (Å²) in [6, 6.07) is 13.4. The number of benzene rings is 2. The number of piperazine rings is 1. The molecule has 0 saturated carbocycles.